The molecule has 2 heterocycles. The van der Waals surface area contributed by atoms with Gasteiger partial charge in [0, 0.05) is 41.5 Å². The van der Waals surface area contributed by atoms with Crippen LogP contribution in [0.2, 0.25) is 5.02 Å². The van der Waals surface area contributed by atoms with Crippen LogP contribution < -0.4 is 15.4 Å². The summed E-state index contributed by atoms with van der Waals surface area (Å²) in [7, 11) is 1.58. The fourth-order valence-corrected chi connectivity index (χ4v) is 4.64. The molecule has 37 heavy (non-hydrogen) atoms. The van der Waals surface area contributed by atoms with Crippen molar-refractivity contribution in [2.75, 3.05) is 12.4 Å². The highest BCUT2D eigenvalue weighted by atomic mass is 79.9. The summed E-state index contributed by atoms with van der Waals surface area (Å²) in [6, 6.07) is 26.9. The molecular weight excluding hydrogens is 552 g/mol. The van der Waals surface area contributed by atoms with Crippen LogP contribution in [0.3, 0.4) is 0 Å². The first-order chi connectivity index (χ1) is 18.0. The Bertz CT molecular complexity index is 1570. The highest BCUT2D eigenvalue weighted by molar-refractivity contribution is 9.10. The number of nitrogens with one attached hydrogen (secondary N) is 2. The number of carbonyl (C=O) groups is 1. The average Bonchev–Trinajstić information content (AvgIpc) is 3.31. The number of aromatic nitrogens is 2. The summed E-state index contributed by atoms with van der Waals surface area (Å²) in [6.07, 6.45) is 1.97. The van der Waals surface area contributed by atoms with Crippen LogP contribution in [0.1, 0.15) is 21.5 Å². The number of hydrogen-bond donors (Lipinski definition) is 2. The number of rotatable bonds is 8. The molecule has 186 valence electrons. The summed E-state index contributed by atoms with van der Waals surface area (Å²) < 4.78 is 8.11. The van der Waals surface area contributed by atoms with Crippen LogP contribution in [0.4, 0.5) is 5.82 Å². The lowest BCUT2D eigenvalue weighted by Crippen LogP contribution is -2.22. The minimum absolute atomic E-state index is 0.140. The van der Waals surface area contributed by atoms with Gasteiger partial charge < -0.3 is 15.4 Å². The maximum Gasteiger partial charge on any atom is 0.251 e. The Morgan fingerprint density at radius 3 is 2.49 bits per heavy atom. The van der Waals surface area contributed by atoms with Gasteiger partial charge in [0.05, 0.1) is 17.3 Å². The Balaban J connectivity index is 1.27. The molecule has 8 heteroatoms. The number of hydrogen-bond acceptors (Lipinski definition) is 4. The zero-order valence-corrected chi connectivity index (χ0v) is 22.4. The minimum Gasteiger partial charge on any atom is -0.497 e. The van der Waals surface area contributed by atoms with E-state index in [1.807, 2.05) is 65.2 Å². The molecule has 0 saturated carbocycles. The minimum atomic E-state index is -0.140. The molecule has 0 atom stereocenters. The smallest absolute Gasteiger partial charge is 0.251 e. The van der Waals surface area contributed by atoms with Crippen LogP contribution in [0.5, 0.6) is 5.75 Å². The normalized spacial score (nSPS) is 10.9. The van der Waals surface area contributed by atoms with Gasteiger partial charge in [-0.2, -0.15) is 0 Å². The maximum absolute atomic E-state index is 12.5. The number of anilines is 1. The van der Waals surface area contributed by atoms with Crippen LogP contribution in [0, 0.1) is 0 Å². The van der Waals surface area contributed by atoms with Crippen molar-refractivity contribution in [3.63, 3.8) is 0 Å². The van der Waals surface area contributed by atoms with Gasteiger partial charge in [-0.1, -0.05) is 60.1 Å². The van der Waals surface area contributed by atoms with Gasteiger partial charge in [-0.15, -0.1) is 0 Å². The van der Waals surface area contributed by atoms with Crippen LogP contribution in [-0.2, 0) is 13.1 Å². The fraction of sp³-hybridized carbons (Fsp3) is 0.103. The van der Waals surface area contributed by atoms with E-state index in [1.54, 1.807) is 25.3 Å². The first-order valence-electron chi connectivity index (χ1n) is 11.7. The third-order valence-corrected chi connectivity index (χ3v) is 6.95. The summed E-state index contributed by atoms with van der Waals surface area (Å²) >= 11 is 10.0. The van der Waals surface area contributed by atoms with E-state index in [1.165, 1.54) is 0 Å². The van der Waals surface area contributed by atoms with Crippen LogP contribution >= 0.6 is 27.5 Å². The van der Waals surface area contributed by atoms with Gasteiger partial charge in [-0.3, -0.25) is 9.20 Å². The highest BCUT2D eigenvalue weighted by Crippen LogP contribution is 2.31. The molecule has 2 aromatic heterocycles. The zero-order valence-electron chi connectivity index (χ0n) is 20.0. The molecule has 5 rings (SSSR count). The van der Waals surface area contributed by atoms with Crippen molar-refractivity contribution in [2.24, 2.45) is 0 Å². The number of carbonyl (C=O) groups excluding carboxylic acids is 1. The first kappa shape index (κ1) is 24.9. The second-order valence-electron chi connectivity index (χ2n) is 8.45. The molecule has 0 saturated heterocycles. The predicted molar refractivity (Wildman–Crippen MR) is 151 cm³/mol. The van der Waals surface area contributed by atoms with Gasteiger partial charge in [0.2, 0.25) is 0 Å². The molecule has 0 unspecified atom stereocenters. The Labute approximate surface area is 228 Å². The zero-order chi connectivity index (χ0) is 25.8. The van der Waals surface area contributed by atoms with Gasteiger partial charge in [0.25, 0.3) is 5.91 Å². The SMILES string of the molecule is COc1cccc(C(=O)NCc2ccc(CNc3cc(-c4ccccc4Cl)nc4c(Br)ccn34)cc2)c1. The highest BCUT2D eigenvalue weighted by Gasteiger charge is 2.12. The number of nitrogens with zero attached hydrogens (tertiary/aromatic N) is 2. The number of ether oxygens (including phenoxy) is 1. The quantitative estimate of drug-likeness (QED) is 0.210. The molecule has 1 amide bonds. The van der Waals surface area contributed by atoms with E-state index in [0.29, 0.717) is 29.4 Å². The Kier molecular flexibility index (Phi) is 7.44. The van der Waals surface area contributed by atoms with Crippen molar-refractivity contribution in [1.29, 1.82) is 0 Å². The molecule has 0 bridgehead atoms. The molecule has 0 fully saturated rings. The monoisotopic (exact) mass is 574 g/mol. The number of benzene rings is 3. The second-order valence-corrected chi connectivity index (χ2v) is 9.71. The number of halogens is 2. The van der Waals surface area contributed by atoms with E-state index >= 15 is 0 Å². The van der Waals surface area contributed by atoms with Gasteiger partial charge in [0.15, 0.2) is 5.65 Å². The topological polar surface area (TPSA) is 67.7 Å². The summed E-state index contributed by atoms with van der Waals surface area (Å²) in [5.74, 6) is 1.42. The van der Waals surface area contributed by atoms with Crippen molar-refractivity contribution < 1.29 is 9.53 Å². The van der Waals surface area contributed by atoms with Crippen LogP contribution in [-0.4, -0.2) is 22.4 Å². The Hall–Kier alpha value is -3.81. The summed E-state index contributed by atoms with van der Waals surface area (Å²) in [4.78, 5) is 17.3. The molecule has 0 aliphatic rings. The van der Waals surface area contributed by atoms with Crippen molar-refractivity contribution in [1.82, 2.24) is 14.7 Å². The van der Waals surface area contributed by atoms with E-state index < -0.39 is 0 Å². The van der Waals surface area contributed by atoms with Gasteiger partial charge in [-0.25, -0.2) is 4.98 Å². The summed E-state index contributed by atoms with van der Waals surface area (Å²) in [5, 5.41) is 7.14. The molecule has 0 spiro atoms. The van der Waals surface area contributed by atoms with Crippen molar-refractivity contribution in [3.05, 3.63) is 117 Å². The number of amides is 1. The van der Waals surface area contributed by atoms with Crippen LogP contribution in [0.15, 0.2) is 95.6 Å². The van der Waals surface area contributed by atoms with Crippen LogP contribution in [0.25, 0.3) is 16.9 Å². The van der Waals surface area contributed by atoms with Crippen molar-refractivity contribution in [2.45, 2.75) is 13.1 Å². The van der Waals surface area contributed by atoms with Gasteiger partial charge in [-0.05, 0) is 57.4 Å². The van der Waals surface area contributed by atoms with Crippen molar-refractivity contribution >= 4 is 44.9 Å². The second kappa shape index (κ2) is 11.1. The van der Waals surface area contributed by atoms with E-state index in [0.717, 1.165) is 38.3 Å². The Morgan fingerprint density at radius 2 is 1.73 bits per heavy atom. The molecule has 0 aliphatic carbocycles. The number of fused-ring (bicyclic) bond motifs is 1. The maximum atomic E-state index is 12.5. The molecule has 0 radical (unpaired) electrons. The lowest BCUT2D eigenvalue weighted by Gasteiger charge is -2.13. The van der Waals surface area contributed by atoms with Gasteiger partial charge >= 0.3 is 0 Å². The molecule has 2 N–H and O–H groups in total. The van der Waals surface area contributed by atoms with Crippen molar-refractivity contribution in [3.8, 4) is 17.0 Å². The summed E-state index contributed by atoms with van der Waals surface area (Å²) in [6.45, 7) is 1.06. The van der Waals surface area contributed by atoms with Gasteiger partial charge in [0.1, 0.15) is 11.6 Å². The molecule has 0 aliphatic heterocycles. The summed E-state index contributed by atoms with van der Waals surface area (Å²) in [5.41, 5.74) is 5.17. The molecular formula is C29H24BrClN4O2. The number of methoxy groups -OCH3 is 1. The first-order valence-corrected chi connectivity index (χ1v) is 12.9. The lowest BCUT2D eigenvalue weighted by atomic mass is 10.1. The molecule has 3 aromatic carbocycles. The molecule has 5 aromatic rings. The van der Waals surface area contributed by atoms with E-state index in [9.17, 15) is 4.79 Å². The van der Waals surface area contributed by atoms with E-state index in [4.69, 9.17) is 21.3 Å². The third-order valence-electron chi connectivity index (χ3n) is 6.00. The van der Waals surface area contributed by atoms with E-state index in [-0.39, 0.29) is 5.91 Å². The third kappa shape index (κ3) is 5.63. The fourth-order valence-electron chi connectivity index (χ4n) is 4.01. The Morgan fingerprint density at radius 1 is 0.973 bits per heavy atom. The largest absolute Gasteiger partial charge is 0.497 e. The predicted octanol–water partition coefficient (Wildman–Crippen LogP) is 6.97. The average molecular weight is 576 g/mol. The standard InChI is InChI=1S/C29H24BrClN4O2/c1-37-22-6-4-5-21(15-22)29(36)33-18-20-11-9-19(10-12-20)17-32-27-16-26(23-7-2-3-8-25(23)31)34-28-24(30)13-14-35(27)28/h2-16,32H,17-18H2,1H3,(H,33,36). The lowest BCUT2D eigenvalue weighted by molar-refractivity contribution is 0.0950. The van der Waals surface area contributed by atoms with E-state index in [2.05, 4.69) is 38.7 Å². The molecule has 6 nitrogen and oxygen atoms in total.